The highest BCUT2D eigenvalue weighted by molar-refractivity contribution is 5.89. The number of carbonyl (C=O) groups is 3. The van der Waals surface area contributed by atoms with Gasteiger partial charge < -0.3 is 19.8 Å². The van der Waals surface area contributed by atoms with Crippen molar-refractivity contribution >= 4 is 17.8 Å². The molecule has 1 aliphatic heterocycles. The first kappa shape index (κ1) is 17.4. The van der Waals surface area contributed by atoms with E-state index in [-0.39, 0.29) is 19.4 Å². The number of carboxylic acids is 1. The Labute approximate surface area is 123 Å². The SMILES string of the molecule is COC(=O)[C@@H]1C[C@@H](O)CN1C(=O)[C@@H](CC(=O)O)C(C)(C)C. The maximum Gasteiger partial charge on any atom is 0.328 e. The lowest BCUT2D eigenvalue weighted by Gasteiger charge is -2.33. The largest absolute Gasteiger partial charge is 0.481 e. The molecule has 0 saturated carbocycles. The quantitative estimate of drug-likeness (QED) is 0.722. The van der Waals surface area contributed by atoms with E-state index in [1.807, 2.05) is 0 Å². The molecule has 1 amide bonds. The summed E-state index contributed by atoms with van der Waals surface area (Å²) in [6, 6.07) is -0.851. The number of nitrogens with zero attached hydrogens (tertiary/aromatic N) is 1. The molecule has 21 heavy (non-hydrogen) atoms. The highest BCUT2D eigenvalue weighted by Gasteiger charge is 2.44. The molecule has 1 rings (SSSR count). The van der Waals surface area contributed by atoms with Crippen LogP contribution in [0.15, 0.2) is 0 Å². The summed E-state index contributed by atoms with van der Waals surface area (Å²) in [5, 5.41) is 18.7. The van der Waals surface area contributed by atoms with Crippen LogP contribution < -0.4 is 0 Å². The number of likely N-dealkylation sites (tertiary alicyclic amines) is 1. The molecule has 1 saturated heterocycles. The number of aliphatic hydroxyl groups is 1. The number of aliphatic hydroxyl groups excluding tert-OH is 1. The summed E-state index contributed by atoms with van der Waals surface area (Å²) in [5.41, 5.74) is -0.566. The number of ether oxygens (including phenoxy) is 1. The van der Waals surface area contributed by atoms with E-state index in [1.54, 1.807) is 20.8 Å². The topological polar surface area (TPSA) is 104 Å². The number of β-amino-alcohol motifs (C(OH)–C–C–N with tert-alkyl or cyclic N) is 1. The minimum atomic E-state index is -1.07. The standard InChI is InChI=1S/C14H23NO6/c1-14(2,3)9(6-11(17)18)12(19)15-7-8(16)5-10(15)13(20)21-4/h8-10,16H,5-7H2,1-4H3,(H,17,18)/t8-,9-,10+/m1/s1. The van der Waals surface area contributed by atoms with Gasteiger partial charge in [-0.05, 0) is 5.41 Å². The maximum atomic E-state index is 12.6. The smallest absolute Gasteiger partial charge is 0.328 e. The number of amides is 1. The number of carbonyl (C=O) groups excluding carboxylic acids is 2. The third kappa shape index (κ3) is 4.17. The Bertz CT molecular complexity index is 428. The molecule has 3 atom stereocenters. The monoisotopic (exact) mass is 301 g/mol. The number of rotatable bonds is 4. The third-order valence-corrected chi connectivity index (χ3v) is 3.76. The van der Waals surface area contributed by atoms with Gasteiger partial charge in [-0.2, -0.15) is 0 Å². The zero-order valence-electron chi connectivity index (χ0n) is 12.8. The van der Waals surface area contributed by atoms with Gasteiger partial charge in [0.1, 0.15) is 6.04 Å². The van der Waals surface area contributed by atoms with Crippen LogP contribution in [0.1, 0.15) is 33.6 Å². The number of esters is 1. The van der Waals surface area contributed by atoms with E-state index in [9.17, 15) is 19.5 Å². The van der Waals surface area contributed by atoms with Gasteiger partial charge in [0.2, 0.25) is 5.91 Å². The van der Waals surface area contributed by atoms with Crippen molar-refractivity contribution < 1.29 is 29.3 Å². The van der Waals surface area contributed by atoms with Crippen molar-refractivity contribution in [2.24, 2.45) is 11.3 Å². The molecule has 0 aliphatic carbocycles. The highest BCUT2D eigenvalue weighted by atomic mass is 16.5. The second kappa shape index (κ2) is 6.43. The lowest BCUT2D eigenvalue weighted by Crippen LogP contribution is -2.47. The van der Waals surface area contributed by atoms with Crippen molar-refractivity contribution in [1.29, 1.82) is 0 Å². The number of hydrogen-bond acceptors (Lipinski definition) is 5. The fourth-order valence-corrected chi connectivity index (χ4v) is 2.56. The van der Waals surface area contributed by atoms with E-state index in [0.29, 0.717) is 0 Å². The van der Waals surface area contributed by atoms with E-state index in [4.69, 9.17) is 5.11 Å². The van der Waals surface area contributed by atoms with Gasteiger partial charge in [0.05, 0.1) is 25.6 Å². The molecule has 0 spiro atoms. The van der Waals surface area contributed by atoms with Crippen molar-refractivity contribution in [3.63, 3.8) is 0 Å². The van der Waals surface area contributed by atoms with Crippen LogP contribution in [-0.2, 0) is 19.1 Å². The van der Waals surface area contributed by atoms with Gasteiger partial charge in [-0.15, -0.1) is 0 Å². The van der Waals surface area contributed by atoms with Crippen LogP contribution in [0.2, 0.25) is 0 Å². The second-order valence-electron chi connectivity index (χ2n) is 6.44. The van der Waals surface area contributed by atoms with E-state index in [0.717, 1.165) is 0 Å². The summed E-state index contributed by atoms with van der Waals surface area (Å²) in [6.07, 6.45) is -1.01. The Morgan fingerprint density at radius 1 is 1.33 bits per heavy atom. The van der Waals surface area contributed by atoms with E-state index < -0.39 is 41.3 Å². The molecular formula is C14H23NO6. The van der Waals surface area contributed by atoms with Crippen LogP contribution in [0, 0.1) is 11.3 Å². The molecule has 2 N–H and O–H groups in total. The van der Waals surface area contributed by atoms with E-state index in [2.05, 4.69) is 4.74 Å². The summed E-state index contributed by atoms with van der Waals surface area (Å²) in [4.78, 5) is 36.6. The number of methoxy groups -OCH3 is 1. The molecule has 0 unspecified atom stereocenters. The van der Waals surface area contributed by atoms with E-state index >= 15 is 0 Å². The van der Waals surface area contributed by atoms with Crippen molar-refractivity contribution in [2.75, 3.05) is 13.7 Å². The molecule has 0 aromatic heterocycles. The molecule has 7 nitrogen and oxygen atoms in total. The van der Waals surface area contributed by atoms with Gasteiger partial charge in [-0.3, -0.25) is 9.59 Å². The maximum absolute atomic E-state index is 12.6. The summed E-state index contributed by atoms with van der Waals surface area (Å²) in [6.45, 7) is 5.35. The number of aliphatic carboxylic acids is 1. The van der Waals surface area contributed by atoms with Crippen molar-refractivity contribution in [3.8, 4) is 0 Å². The summed E-state index contributed by atoms with van der Waals surface area (Å²) < 4.78 is 4.65. The van der Waals surface area contributed by atoms with Crippen molar-refractivity contribution in [3.05, 3.63) is 0 Å². The number of hydrogen-bond donors (Lipinski definition) is 2. The summed E-state index contributed by atoms with van der Waals surface area (Å²) >= 11 is 0. The van der Waals surface area contributed by atoms with Crippen LogP contribution >= 0.6 is 0 Å². The lowest BCUT2D eigenvalue weighted by atomic mass is 9.77. The molecule has 120 valence electrons. The van der Waals surface area contributed by atoms with Gasteiger partial charge in [-0.1, -0.05) is 20.8 Å². The second-order valence-corrected chi connectivity index (χ2v) is 6.44. The minimum absolute atomic E-state index is 0.0186. The predicted molar refractivity (Wildman–Crippen MR) is 73.3 cm³/mol. The first-order chi connectivity index (χ1) is 9.57. The van der Waals surface area contributed by atoms with Gasteiger partial charge in [0.25, 0.3) is 0 Å². The first-order valence-electron chi connectivity index (χ1n) is 6.86. The zero-order chi connectivity index (χ0) is 16.4. The predicted octanol–water partition coefficient (Wildman–Crippen LogP) is 0.258. The van der Waals surface area contributed by atoms with E-state index in [1.165, 1.54) is 12.0 Å². The summed E-state index contributed by atoms with van der Waals surface area (Å²) in [5.74, 6) is -2.87. The fraction of sp³-hybridized carbons (Fsp3) is 0.786. The Morgan fingerprint density at radius 3 is 2.33 bits per heavy atom. The van der Waals surface area contributed by atoms with Crippen LogP contribution in [0.4, 0.5) is 0 Å². The molecular weight excluding hydrogens is 278 g/mol. The third-order valence-electron chi connectivity index (χ3n) is 3.76. The van der Waals surface area contributed by atoms with Crippen LogP contribution in [0.25, 0.3) is 0 Å². The molecule has 1 heterocycles. The van der Waals surface area contributed by atoms with Crippen LogP contribution in [0.3, 0.4) is 0 Å². The molecule has 0 radical (unpaired) electrons. The fourth-order valence-electron chi connectivity index (χ4n) is 2.56. The Hall–Kier alpha value is -1.63. The molecule has 1 fully saturated rings. The molecule has 7 heteroatoms. The molecule has 0 aromatic carbocycles. The Balaban J connectivity index is 3.01. The molecule has 1 aliphatic rings. The zero-order valence-corrected chi connectivity index (χ0v) is 12.8. The molecule has 0 bridgehead atoms. The van der Waals surface area contributed by atoms with Crippen LogP contribution in [-0.4, -0.2) is 58.8 Å². The minimum Gasteiger partial charge on any atom is -0.481 e. The van der Waals surface area contributed by atoms with Crippen LogP contribution in [0.5, 0.6) is 0 Å². The van der Waals surface area contributed by atoms with Gasteiger partial charge in [0, 0.05) is 13.0 Å². The average Bonchev–Trinajstić information content (AvgIpc) is 2.74. The number of carboxylic acid groups (broad SMARTS) is 1. The highest BCUT2D eigenvalue weighted by Crippen LogP contribution is 2.33. The normalized spacial score (nSPS) is 23.8. The van der Waals surface area contributed by atoms with Crippen molar-refractivity contribution in [1.82, 2.24) is 4.90 Å². The Morgan fingerprint density at radius 2 is 1.90 bits per heavy atom. The van der Waals surface area contributed by atoms with Crippen molar-refractivity contribution in [2.45, 2.75) is 45.8 Å². The van der Waals surface area contributed by atoms with Gasteiger partial charge >= 0.3 is 11.9 Å². The summed E-state index contributed by atoms with van der Waals surface area (Å²) in [7, 11) is 1.22. The average molecular weight is 301 g/mol. The van der Waals surface area contributed by atoms with Gasteiger partial charge in [-0.25, -0.2) is 4.79 Å². The lowest BCUT2D eigenvalue weighted by molar-refractivity contribution is -0.155. The first-order valence-corrected chi connectivity index (χ1v) is 6.86. The Kier molecular flexibility index (Phi) is 5.33. The van der Waals surface area contributed by atoms with Gasteiger partial charge in [0.15, 0.2) is 0 Å². The molecule has 0 aromatic rings.